The molecule has 9 atom stereocenters. The van der Waals surface area contributed by atoms with Gasteiger partial charge in [0.2, 0.25) is 17.7 Å². The van der Waals surface area contributed by atoms with Crippen LogP contribution in [0.1, 0.15) is 111 Å². The summed E-state index contributed by atoms with van der Waals surface area (Å²) in [6.45, 7) is 17.9. The van der Waals surface area contributed by atoms with E-state index in [9.17, 15) is 19.2 Å². The number of benzene rings is 1. The summed E-state index contributed by atoms with van der Waals surface area (Å²) in [6.07, 6.45) is 10.1. The van der Waals surface area contributed by atoms with Gasteiger partial charge in [0, 0.05) is 46.0 Å². The lowest BCUT2D eigenvalue weighted by atomic mass is 9.91. The molecule has 3 fully saturated rings. The van der Waals surface area contributed by atoms with Crippen molar-refractivity contribution in [1.82, 2.24) is 35.5 Å². The van der Waals surface area contributed by atoms with Crippen LogP contribution in [0.4, 0.5) is 0 Å². The molecular formula is C46H81N7O6. The van der Waals surface area contributed by atoms with Crippen LogP contribution in [0, 0.1) is 24.7 Å². The molecule has 3 N–H and O–H groups in total. The van der Waals surface area contributed by atoms with Crippen LogP contribution >= 0.6 is 0 Å². The second-order valence-corrected chi connectivity index (χ2v) is 16.0. The molecule has 3 heterocycles. The van der Waals surface area contributed by atoms with Gasteiger partial charge in [-0.05, 0) is 77.6 Å². The highest BCUT2D eigenvalue weighted by atomic mass is 16.5. The summed E-state index contributed by atoms with van der Waals surface area (Å²) in [4.78, 5) is 54.7. The summed E-state index contributed by atoms with van der Waals surface area (Å²) in [5.41, 5.74) is 2.22. The maximum Gasteiger partial charge on any atom is 0.242 e. The minimum absolute atomic E-state index is 0.0201. The third kappa shape index (κ3) is 17.1. The second-order valence-electron chi connectivity index (χ2n) is 16.0. The number of carbonyl (C=O) groups excluding carboxylic acids is 4. The average molecular weight is 828 g/mol. The van der Waals surface area contributed by atoms with Crippen LogP contribution < -0.4 is 10.6 Å². The smallest absolute Gasteiger partial charge is 0.242 e. The number of H-pyrrole nitrogens is 1. The minimum Gasteiger partial charge on any atom is -0.379 e. The molecule has 2 saturated heterocycles. The molecule has 5 rings (SSSR count). The van der Waals surface area contributed by atoms with Gasteiger partial charge in [-0.15, -0.1) is 0 Å². The summed E-state index contributed by atoms with van der Waals surface area (Å²) >= 11 is 0. The van der Waals surface area contributed by atoms with Gasteiger partial charge in [-0.2, -0.15) is 5.10 Å². The summed E-state index contributed by atoms with van der Waals surface area (Å²) in [5, 5.41) is 12.5. The molecule has 1 aromatic heterocycles. The molecule has 59 heavy (non-hydrogen) atoms. The number of ether oxygens (including phenoxy) is 2. The van der Waals surface area contributed by atoms with Crippen LogP contribution in [0.5, 0.6) is 0 Å². The first kappa shape index (κ1) is 53.4. The summed E-state index contributed by atoms with van der Waals surface area (Å²) < 4.78 is 11.1. The maximum absolute atomic E-state index is 12.7. The number of nitrogens with zero attached hydrogens (tertiary/aromatic N) is 4. The Kier molecular flexibility index (Phi) is 26.7. The quantitative estimate of drug-likeness (QED) is 0.167. The van der Waals surface area contributed by atoms with Crippen molar-refractivity contribution in [2.24, 2.45) is 17.8 Å². The predicted octanol–water partition coefficient (Wildman–Crippen LogP) is 6.27. The highest BCUT2D eigenvalue weighted by Gasteiger charge is 2.47. The zero-order valence-electron chi connectivity index (χ0n) is 38.8. The number of amides is 3. The Balaban J connectivity index is 0.000000472. The number of hydrogen-bond acceptors (Lipinski definition) is 9. The zero-order valence-corrected chi connectivity index (χ0v) is 38.8. The summed E-state index contributed by atoms with van der Waals surface area (Å²) in [6, 6.07) is 12.6. The first-order valence-electron chi connectivity index (χ1n) is 22.0. The van der Waals surface area contributed by atoms with E-state index < -0.39 is 0 Å². The molecule has 9 unspecified atom stereocenters. The summed E-state index contributed by atoms with van der Waals surface area (Å²) in [5.74, 6) is 0.220. The van der Waals surface area contributed by atoms with E-state index in [-0.39, 0.29) is 66.8 Å². The molecular weight excluding hydrogens is 747 g/mol. The predicted molar refractivity (Wildman–Crippen MR) is 238 cm³/mol. The van der Waals surface area contributed by atoms with E-state index in [0.29, 0.717) is 24.5 Å². The Bertz CT molecular complexity index is 1430. The average Bonchev–Trinajstić information content (AvgIpc) is 4.08. The van der Waals surface area contributed by atoms with Crippen LogP contribution in [0.2, 0.25) is 0 Å². The van der Waals surface area contributed by atoms with Crippen LogP contribution in [-0.4, -0.2) is 134 Å². The van der Waals surface area contributed by atoms with Crippen molar-refractivity contribution in [2.45, 2.75) is 150 Å². The molecule has 2 aliphatic heterocycles. The van der Waals surface area contributed by atoms with E-state index >= 15 is 0 Å². The lowest BCUT2D eigenvalue weighted by molar-refractivity contribution is -0.139. The largest absolute Gasteiger partial charge is 0.379 e. The molecule has 13 nitrogen and oxygen atoms in total. The number of aromatic nitrogens is 2. The molecule has 1 saturated carbocycles. The van der Waals surface area contributed by atoms with E-state index in [1.807, 2.05) is 59.0 Å². The molecule has 3 aliphatic rings. The molecule has 2 bridgehead atoms. The van der Waals surface area contributed by atoms with Gasteiger partial charge in [0.1, 0.15) is 6.29 Å². The Morgan fingerprint density at radius 3 is 2.12 bits per heavy atom. The van der Waals surface area contributed by atoms with Gasteiger partial charge in [0.25, 0.3) is 0 Å². The Morgan fingerprint density at radius 2 is 1.66 bits per heavy atom. The van der Waals surface area contributed by atoms with E-state index in [2.05, 4.69) is 77.5 Å². The fourth-order valence-corrected chi connectivity index (χ4v) is 8.33. The standard InChI is InChI=1S/C20H35N3O4.C14H24N4O2.C7H8.C3H8.C2H6/c1-6-13(2)18(16(27-5)9-10-24)23(4)17(25)12-21-20(26)19-14-7-8-15(11-14)22(19)3;1-10(13(20-3)12-5-4-8-18(12)2)14(19)15-9-11-6-7-16-17-11;1-7-5-3-2-4-6-7;1-3-2;1-2/h10,13-16,18-19H,6-9,11-12H2,1-5H3,(H,21,26);6-7,10,12-13H,4-5,8-9H2,1-3H3,(H,15,19)(H,16,17);2-6H,1H3;3H2,1-2H3;1-2H3. The van der Waals surface area contributed by atoms with E-state index in [1.165, 1.54) is 24.8 Å². The number of likely N-dealkylation sites (tertiary alicyclic amines) is 2. The number of aldehydes is 1. The number of nitrogens with one attached hydrogen (secondary N) is 3. The Hall–Kier alpha value is -3.65. The van der Waals surface area contributed by atoms with Crippen LogP contribution in [-0.2, 0) is 35.2 Å². The van der Waals surface area contributed by atoms with Crippen LogP contribution in [0.25, 0.3) is 0 Å². The minimum atomic E-state index is -0.348. The van der Waals surface area contributed by atoms with Gasteiger partial charge in [-0.25, -0.2) is 0 Å². The Labute approximate surface area is 357 Å². The molecule has 2 aromatic rings. The van der Waals surface area contributed by atoms with Crippen molar-refractivity contribution in [2.75, 3.05) is 48.5 Å². The number of aryl methyl sites for hydroxylation is 1. The van der Waals surface area contributed by atoms with Gasteiger partial charge >= 0.3 is 0 Å². The van der Waals surface area contributed by atoms with Crippen molar-refractivity contribution >= 4 is 24.0 Å². The van der Waals surface area contributed by atoms with E-state index in [4.69, 9.17) is 9.47 Å². The normalized spacial score (nSPS) is 21.8. The molecule has 13 heteroatoms. The maximum atomic E-state index is 12.7. The fourth-order valence-electron chi connectivity index (χ4n) is 8.33. The van der Waals surface area contributed by atoms with Crippen molar-refractivity contribution < 1.29 is 28.7 Å². The number of piperidine rings is 1. The molecule has 0 radical (unpaired) electrons. The number of carbonyl (C=O) groups is 4. The first-order valence-corrected chi connectivity index (χ1v) is 22.0. The molecule has 0 spiro atoms. The second kappa shape index (κ2) is 29.6. The van der Waals surface area contributed by atoms with E-state index in [0.717, 1.165) is 44.2 Å². The highest BCUT2D eigenvalue weighted by Crippen LogP contribution is 2.41. The molecule has 336 valence electrons. The number of aromatic amines is 1. The van der Waals surface area contributed by atoms with Crippen molar-refractivity contribution in [3.05, 3.63) is 53.9 Å². The number of hydrogen-bond donors (Lipinski definition) is 3. The van der Waals surface area contributed by atoms with Gasteiger partial charge < -0.3 is 34.7 Å². The van der Waals surface area contributed by atoms with E-state index in [1.54, 1.807) is 32.4 Å². The third-order valence-corrected chi connectivity index (χ3v) is 11.8. The highest BCUT2D eigenvalue weighted by molar-refractivity contribution is 5.88. The fraction of sp³-hybridized carbons (Fsp3) is 0.717. The number of rotatable bonds is 16. The third-order valence-electron chi connectivity index (χ3n) is 11.8. The van der Waals surface area contributed by atoms with Gasteiger partial charge in [0.05, 0.1) is 49.0 Å². The number of methoxy groups -OCH3 is 2. The SMILES string of the molecule is CC.CCC.CCC(C)C(C(CC=O)OC)N(C)C(=O)CNC(=O)C1C2CCC(C2)N1C.COC(C(C)C(=O)NCc1ccn[nH]1)C1CCCN1C.Cc1ccccc1. The number of fused-ring (bicyclic) bond motifs is 2. The molecule has 1 aliphatic carbocycles. The monoisotopic (exact) mass is 828 g/mol. The van der Waals surface area contributed by atoms with Gasteiger partial charge in [0.15, 0.2) is 0 Å². The van der Waals surface area contributed by atoms with Crippen LogP contribution in [0.15, 0.2) is 42.6 Å². The van der Waals surface area contributed by atoms with Crippen molar-refractivity contribution in [3.63, 3.8) is 0 Å². The zero-order chi connectivity index (χ0) is 44.5. The topological polar surface area (TPSA) is 149 Å². The van der Waals surface area contributed by atoms with Crippen LogP contribution in [0.3, 0.4) is 0 Å². The number of likely N-dealkylation sites (N-methyl/N-ethyl adjacent to an activating group) is 3. The molecule has 1 aromatic carbocycles. The molecule has 3 amide bonds. The summed E-state index contributed by atoms with van der Waals surface area (Å²) in [7, 11) is 9.08. The first-order chi connectivity index (χ1) is 28.3. The van der Waals surface area contributed by atoms with Crippen molar-refractivity contribution in [1.29, 1.82) is 0 Å². The lowest BCUT2D eigenvalue weighted by Crippen LogP contribution is -2.54. The lowest BCUT2D eigenvalue weighted by Gasteiger charge is -2.37. The van der Waals surface area contributed by atoms with Gasteiger partial charge in [-0.3, -0.25) is 24.4 Å². The Morgan fingerprint density at radius 1 is 1.00 bits per heavy atom. The van der Waals surface area contributed by atoms with Crippen molar-refractivity contribution in [3.8, 4) is 0 Å². The van der Waals surface area contributed by atoms with Gasteiger partial charge in [-0.1, -0.05) is 97.2 Å².